The monoisotopic (exact) mass is 390 g/mol. The number of rotatable bonds is 4. The van der Waals surface area contributed by atoms with Crippen molar-refractivity contribution in [3.05, 3.63) is 78.0 Å². The zero-order valence-electron chi connectivity index (χ0n) is 16.2. The molecule has 2 aromatic rings. The van der Waals surface area contributed by atoms with E-state index in [0.717, 1.165) is 10.5 Å². The molecule has 3 unspecified atom stereocenters. The standard InChI is InChI=1S/C22H22N4O3/c1-14(15-9-5-3-6-10-15)23-20(27)17-13-25(2)19-18(17)24-22(29)26(21(19)28)16-11-7-4-8-12-16/h3-14,18-19H,1-2H3,(H,23,27)(H,24,29). The largest absolute Gasteiger partial charge is 0.366 e. The minimum absolute atomic E-state index is 0.204. The van der Waals surface area contributed by atoms with Gasteiger partial charge in [0.15, 0.2) is 0 Å². The fraction of sp³-hybridized carbons (Fsp3) is 0.227. The third-order valence-corrected chi connectivity index (χ3v) is 5.31. The third kappa shape index (κ3) is 3.35. The Labute approximate surface area is 169 Å². The van der Waals surface area contributed by atoms with Crippen LogP contribution in [-0.4, -0.2) is 41.9 Å². The highest BCUT2D eigenvalue weighted by Gasteiger charge is 2.49. The molecule has 3 atom stereocenters. The van der Waals surface area contributed by atoms with Gasteiger partial charge in [-0.05, 0) is 24.6 Å². The first-order valence-electron chi connectivity index (χ1n) is 9.46. The number of carbonyl (C=O) groups excluding carboxylic acids is 3. The van der Waals surface area contributed by atoms with Crippen LogP contribution in [0.15, 0.2) is 72.4 Å². The molecular formula is C22H22N4O3. The predicted octanol–water partition coefficient (Wildman–Crippen LogP) is 2.19. The fourth-order valence-corrected chi connectivity index (χ4v) is 3.82. The summed E-state index contributed by atoms with van der Waals surface area (Å²) in [4.78, 5) is 41.5. The van der Waals surface area contributed by atoms with Gasteiger partial charge in [0, 0.05) is 13.2 Å². The van der Waals surface area contributed by atoms with Crippen molar-refractivity contribution in [2.45, 2.75) is 25.0 Å². The van der Waals surface area contributed by atoms with Gasteiger partial charge in [-0.1, -0.05) is 48.5 Å². The van der Waals surface area contributed by atoms with E-state index in [0.29, 0.717) is 11.3 Å². The van der Waals surface area contributed by atoms with Crippen molar-refractivity contribution in [2.75, 3.05) is 11.9 Å². The molecule has 2 heterocycles. The van der Waals surface area contributed by atoms with Crippen LogP contribution in [0.2, 0.25) is 0 Å². The Morgan fingerprint density at radius 3 is 2.31 bits per heavy atom. The number of benzene rings is 2. The van der Waals surface area contributed by atoms with Gasteiger partial charge in [-0.25, -0.2) is 9.69 Å². The summed E-state index contributed by atoms with van der Waals surface area (Å²) in [6.07, 6.45) is 1.63. The molecule has 0 spiro atoms. The Morgan fingerprint density at radius 2 is 1.66 bits per heavy atom. The quantitative estimate of drug-likeness (QED) is 0.839. The van der Waals surface area contributed by atoms with Crippen molar-refractivity contribution in [3.63, 3.8) is 0 Å². The Kier molecular flexibility index (Phi) is 4.80. The molecule has 2 aliphatic rings. The molecule has 1 saturated heterocycles. The van der Waals surface area contributed by atoms with Gasteiger partial charge in [0.2, 0.25) is 0 Å². The molecule has 0 bridgehead atoms. The van der Waals surface area contributed by atoms with Gasteiger partial charge < -0.3 is 15.5 Å². The van der Waals surface area contributed by atoms with Crippen molar-refractivity contribution in [3.8, 4) is 0 Å². The highest BCUT2D eigenvalue weighted by molar-refractivity contribution is 6.19. The highest BCUT2D eigenvalue weighted by atomic mass is 16.2. The maximum atomic E-state index is 13.1. The number of urea groups is 1. The van der Waals surface area contributed by atoms with E-state index >= 15 is 0 Å². The second-order valence-corrected chi connectivity index (χ2v) is 7.24. The molecule has 29 heavy (non-hydrogen) atoms. The predicted molar refractivity (Wildman–Crippen MR) is 109 cm³/mol. The lowest BCUT2D eigenvalue weighted by Crippen LogP contribution is -2.65. The van der Waals surface area contributed by atoms with E-state index in [1.807, 2.05) is 43.3 Å². The van der Waals surface area contributed by atoms with Crippen LogP contribution in [0, 0.1) is 0 Å². The lowest BCUT2D eigenvalue weighted by atomic mass is 9.98. The summed E-state index contributed by atoms with van der Waals surface area (Å²) in [6.45, 7) is 1.89. The SMILES string of the molecule is CC(NC(=O)C1=CN(C)C2C(=O)N(c3ccccc3)C(=O)NC12)c1ccccc1. The van der Waals surface area contributed by atoms with Crippen molar-refractivity contribution in [1.82, 2.24) is 15.5 Å². The van der Waals surface area contributed by atoms with Crippen molar-refractivity contribution in [2.24, 2.45) is 0 Å². The van der Waals surface area contributed by atoms with Crippen LogP contribution < -0.4 is 15.5 Å². The summed E-state index contributed by atoms with van der Waals surface area (Å²) in [5, 5.41) is 5.78. The molecule has 2 aliphatic heterocycles. The van der Waals surface area contributed by atoms with Crippen LogP contribution >= 0.6 is 0 Å². The first-order valence-corrected chi connectivity index (χ1v) is 9.46. The maximum absolute atomic E-state index is 13.1. The molecule has 1 fully saturated rings. The van der Waals surface area contributed by atoms with E-state index in [4.69, 9.17) is 0 Å². The molecule has 0 radical (unpaired) electrons. The highest BCUT2D eigenvalue weighted by Crippen LogP contribution is 2.29. The number of likely N-dealkylation sites (N-methyl/N-ethyl adjacent to an activating group) is 1. The number of hydrogen-bond acceptors (Lipinski definition) is 4. The van der Waals surface area contributed by atoms with E-state index in [1.165, 1.54) is 0 Å². The first-order chi connectivity index (χ1) is 14.0. The van der Waals surface area contributed by atoms with Gasteiger partial charge in [-0.3, -0.25) is 9.59 Å². The number of para-hydroxylation sites is 1. The maximum Gasteiger partial charge on any atom is 0.329 e. The number of imide groups is 1. The van der Waals surface area contributed by atoms with Crippen molar-refractivity contribution >= 4 is 23.5 Å². The summed E-state index contributed by atoms with van der Waals surface area (Å²) in [7, 11) is 1.73. The van der Waals surface area contributed by atoms with Gasteiger partial charge in [-0.15, -0.1) is 0 Å². The minimum Gasteiger partial charge on any atom is -0.366 e. The van der Waals surface area contributed by atoms with Crippen molar-refractivity contribution < 1.29 is 14.4 Å². The van der Waals surface area contributed by atoms with Crippen LogP contribution in [0.3, 0.4) is 0 Å². The first kappa shape index (κ1) is 18.7. The summed E-state index contributed by atoms with van der Waals surface area (Å²) in [5.74, 6) is -0.662. The molecule has 0 aromatic heterocycles. The van der Waals surface area contributed by atoms with E-state index in [2.05, 4.69) is 10.6 Å². The van der Waals surface area contributed by atoms with Gasteiger partial charge in [-0.2, -0.15) is 0 Å². The van der Waals surface area contributed by atoms with E-state index in [1.54, 1.807) is 42.4 Å². The zero-order valence-corrected chi connectivity index (χ0v) is 16.2. The number of nitrogens with zero attached hydrogens (tertiary/aromatic N) is 2. The van der Waals surface area contributed by atoms with E-state index in [9.17, 15) is 14.4 Å². The molecule has 0 aliphatic carbocycles. The van der Waals surface area contributed by atoms with Gasteiger partial charge in [0.05, 0.1) is 23.3 Å². The van der Waals surface area contributed by atoms with Crippen LogP contribution in [0.1, 0.15) is 18.5 Å². The smallest absolute Gasteiger partial charge is 0.329 e. The molecule has 4 amide bonds. The lowest BCUT2D eigenvalue weighted by Gasteiger charge is -2.37. The molecule has 148 valence electrons. The normalized spacial score (nSPS) is 21.9. The zero-order chi connectivity index (χ0) is 20.5. The van der Waals surface area contributed by atoms with Gasteiger partial charge in [0.25, 0.3) is 11.8 Å². The van der Waals surface area contributed by atoms with Gasteiger partial charge in [0.1, 0.15) is 6.04 Å². The second kappa shape index (κ2) is 7.43. The number of carbonyl (C=O) groups is 3. The number of amides is 4. The Hall–Kier alpha value is -3.61. The molecule has 0 saturated carbocycles. The van der Waals surface area contributed by atoms with E-state index < -0.39 is 18.1 Å². The van der Waals surface area contributed by atoms with E-state index in [-0.39, 0.29) is 17.9 Å². The number of hydrogen-bond donors (Lipinski definition) is 2. The van der Waals surface area contributed by atoms with Crippen LogP contribution in [0.25, 0.3) is 0 Å². The molecule has 2 N–H and O–H groups in total. The molecule has 4 rings (SSSR count). The van der Waals surface area contributed by atoms with Crippen LogP contribution in [0.4, 0.5) is 10.5 Å². The van der Waals surface area contributed by atoms with Gasteiger partial charge >= 0.3 is 6.03 Å². The summed E-state index contributed by atoms with van der Waals surface area (Å²) < 4.78 is 0. The number of nitrogens with one attached hydrogen (secondary N) is 2. The number of fused-ring (bicyclic) bond motifs is 1. The summed E-state index contributed by atoms with van der Waals surface area (Å²) >= 11 is 0. The Balaban J connectivity index is 1.54. The molecule has 7 heteroatoms. The van der Waals surface area contributed by atoms with Crippen LogP contribution in [-0.2, 0) is 9.59 Å². The summed E-state index contributed by atoms with van der Waals surface area (Å²) in [6, 6.07) is 16.3. The average molecular weight is 390 g/mol. The third-order valence-electron chi connectivity index (χ3n) is 5.31. The van der Waals surface area contributed by atoms with Crippen LogP contribution in [0.5, 0.6) is 0 Å². The Morgan fingerprint density at radius 1 is 1.03 bits per heavy atom. The Bertz CT molecular complexity index is 974. The fourth-order valence-electron chi connectivity index (χ4n) is 3.82. The lowest BCUT2D eigenvalue weighted by molar-refractivity contribution is -0.122. The van der Waals surface area contributed by atoms with Crippen molar-refractivity contribution in [1.29, 1.82) is 0 Å². The topological polar surface area (TPSA) is 81.8 Å². The molecule has 2 aromatic carbocycles. The minimum atomic E-state index is -0.692. The summed E-state index contributed by atoms with van der Waals surface area (Å²) in [5.41, 5.74) is 1.84. The second-order valence-electron chi connectivity index (χ2n) is 7.24. The average Bonchev–Trinajstić information content (AvgIpc) is 3.06. The molecular weight excluding hydrogens is 368 g/mol. The number of anilines is 1. The molecule has 7 nitrogen and oxygen atoms in total.